The van der Waals surface area contributed by atoms with E-state index in [1.165, 1.54) is 0 Å². The molecule has 2 rings (SSSR count). The fourth-order valence-corrected chi connectivity index (χ4v) is 1.98. The number of ketones is 1. The van der Waals surface area contributed by atoms with Crippen LogP contribution in [0.15, 0.2) is 29.8 Å². The van der Waals surface area contributed by atoms with Gasteiger partial charge >= 0.3 is 0 Å². The monoisotopic (exact) mass is 218 g/mol. The van der Waals surface area contributed by atoms with Crippen LogP contribution in [0.2, 0.25) is 0 Å². The Hall–Kier alpha value is -1.55. The third-order valence-electron chi connectivity index (χ3n) is 1.98. The molecule has 0 radical (unpaired) electrons. The van der Waals surface area contributed by atoms with Gasteiger partial charge in [-0.1, -0.05) is 6.07 Å². The highest BCUT2D eigenvalue weighted by molar-refractivity contribution is 7.10. The van der Waals surface area contributed by atoms with E-state index in [-0.39, 0.29) is 5.78 Å². The van der Waals surface area contributed by atoms with Crippen LogP contribution < -0.4 is 0 Å². The summed E-state index contributed by atoms with van der Waals surface area (Å²) in [6, 6.07) is 5.55. The Labute approximate surface area is 91.8 Å². The first kappa shape index (κ1) is 9.98. The summed E-state index contributed by atoms with van der Waals surface area (Å²) in [4.78, 5) is 20.9. The molecule has 0 atom stereocenters. The third-order valence-corrected chi connectivity index (χ3v) is 2.85. The van der Waals surface area contributed by atoms with E-state index >= 15 is 0 Å². The Balaban J connectivity index is 2.15. The predicted octanol–water partition coefficient (Wildman–Crippen LogP) is 2.27. The minimum Gasteiger partial charge on any atom is -0.292 e. The maximum atomic E-state index is 11.8. The number of nitrogens with zero attached hydrogens (tertiary/aromatic N) is 2. The van der Waals surface area contributed by atoms with Gasteiger partial charge in [-0.25, -0.2) is 9.97 Å². The highest BCUT2D eigenvalue weighted by Gasteiger charge is 2.09. The van der Waals surface area contributed by atoms with Crippen LogP contribution in [0.5, 0.6) is 0 Å². The number of rotatable bonds is 3. The maximum absolute atomic E-state index is 11.8. The van der Waals surface area contributed by atoms with E-state index in [0.29, 0.717) is 17.9 Å². The Bertz CT molecular complexity index is 465. The molecule has 0 unspecified atom stereocenters. The van der Waals surface area contributed by atoms with Crippen LogP contribution in [0.25, 0.3) is 0 Å². The van der Waals surface area contributed by atoms with Crippen LogP contribution >= 0.6 is 11.3 Å². The molecule has 0 fully saturated rings. The molecule has 0 N–H and O–H groups in total. The van der Waals surface area contributed by atoms with E-state index in [2.05, 4.69) is 9.97 Å². The highest BCUT2D eigenvalue weighted by atomic mass is 32.1. The lowest BCUT2D eigenvalue weighted by molar-refractivity contribution is 0.0988. The van der Waals surface area contributed by atoms with E-state index < -0.39 is 0 Å². The second-order valence-corrected chi connectivity index (χ2v) is 4.20. The SMILES string of the molecule is Cc1nccc(C(=O)Cc2cccs2)n1. The molecular formula is C11H10N2OS. The minimum atomic E-state index is 0.0444. The first-order valence-corrected chi connectivity index (χ1v) is 5.49. The number of carbonyl (C=O) groups is 1. The normalized spacial score (nSPS) is 10.2. The van der Waals surface area contributed by atoms with Gasteiger partial charge in [-0.2, -0.15) is 0 Å². The highest BCUT2D eigenvalue weighted by Crippen LogP contribution is 2.11. The summed E-state index contributed by atoms with van der Waals surface area (Å²) >= 11 is 1.59. The van der Waals surface area contributed by atoms with E-state index in [4.69, 9.17) is 0 Å². The van der Waals surface area contributed by atoms with Gasteiger partial charge in [0.1, 0.15) is 11.5 Å². The standard InChI is InChI=1S/C11H10N2OS/c1-8-12-5-4-10(13-8)11(14)7-9-3-2-6-15-9/h2-6H,7H2,1H3. The number of thiophene rings is 1. The fourth-order valence-electron chi connectivity index (χ4n) is 1.27. The molecule has 0 aromatic carbocycles. The van der Waals surface area contributed by atoms with Gasteiger partial charge in [0.2, 0.25) is 0 Å². The molecule has 2 aromatic rings. The summed E-state index contributed by atoms with van der Waals surface area (Å²) in [6.07, 6.45) is 2.04. The van der Waals surface area contributed by atoms with Crippen molar-refractivity contribution in [3.8, 4) is 0 Å². The van der Waals surface area contributed by atoms with Gasteiger partial charge in [0.15, 0.2) is 5.78 Å². The molecule has 0 saturated heterocycles. The van der Waals surface area contributed by atoms with Gasteiger partial charge < -0.3 is 0 Å². The Morgan fingerprint density at radius 3 is 3.00 bits per heavy atom. The minimum absolute atomic E-state index is 0.0444. The molecule has 0 amide bonds. The van der Waals surface area contributed by atoms with Gasteiger partial charge in [0.25, 0.3) is 0 Å². The van der Waals surface area contributed by atoms with Crippen LogP contribution in [0.4, 0.5) is 0 Å². The second-order valence-electron chi connectivity index (χ2n) is 3.17. The van der Waals surface area contributed by atoms with Crippen LogP contribution in [-0.2, 0) is 6.42 Å². The maximum Gasteiger partial charge on any atom is 0.186 e. The molecule has 2 aromatic heterocycles. The van der Waals surface area contributed by atoms with Gasteiger partial charge in [-0.15, -0.1) is 11.3 Å². The zero-order valence-electron chi connectivity index (χ0n) is 8.30. The van der Waals surface area contributed by atoms with Crippen LogP contribution in [0.3, 0.4) is 0 Å². The van der Waals surface area contributed by atoms with E-state index in [1.54, 1.807) is 30.5 Å². The average Bonchev–Trinajstić information content (AvgIpc) is 2.70. The van der Waals surface area contributed by atoms with E-state index in [9.17, 15) is 4.79 Å². The van der Waals surface area contributed by atoms with Gasteiger partial charge in [0, 0.05) is 17.5 Å². The van der Waals surface area contributed by atoms with Crippen molar-refractivity contribution in [2.45, 2.75) is 13.3 Å². The van der Waals surface area contributed by atoms with Gasteiger partial charge in [-0.05, 0) is 24.4 Å². The number of carbonyl (C=O) groups excluding carboxylic acids is 1. The van der Waals surface area contributed by atoms with Gasteiger partial charge in [-0.3, -0.25) is 4.79 Å². The molecule has 0 aliphatic rings. The molecule has 0 saturated carbocycles. The number of aryl methyl sites for hydroxylation is 1. The number of hydrogen-bond donors (Lipinski definition) is 0. The van der Waals surface area contributed by atoms with Crippen LogP contribution in [-0.4, -0.2) is 15.8 Å². The lowest BCUT2D eigenvalue weighted by atomic mass is 10.2. The van der Waals surface area contributed by atoms with Crippen LogP contribution in [0, 0.1) is 6.92 Å². The summed E-state index contributed by atoms with van der Waals surface area (Å²) in [7, 11) is 0. The van der Waals surface area contributed by atoms with Crippen molar-refractivity contribution in [2.24, 2.45) is 0 Å². The summed E-state index contributed by atoms with van der Waals surface area (Å²) in [6.45, 7) is 1.78. The topological polar surface area (TPSA) is 42.9 Å². The number of aromatic nitrogens is 2. The molecule has 4 heteroatoms. The largest absolute Gasteiger partial charge is 0.292 e. The first-order valence-electron chi connectivity index (χ1n) is 4.61. The Morgan fingerprint density at radius 1 is 1.47 bits per heavy atom. The summed E-state index contributed by atoms with van der Waals surface area (Å²) < 4.78 is 0. The van der Waals surface area contributed by atoms with Crippen LogP contribution in [0.1, 0.15) is 21.2 Å². The summed E-state index contributed by atoms with van der Waals surface area (Å²) in [5, 5.41) is 1.97. The molecule has 0 aliphatic heterocycles. The van der Waals surface area contributed by atoms with Crippen molar-refractivity contribution in [1.29, 1.82) is 0 Å². The fraction of sp³-hybridized carbons (Fsp3) is 0.182. The van der Waals surface area contributed by atoms with E-state index in [0.717, 1.165) is 4.88 Å². The molecule has 76 valence electrons. The molecule has 0 spiro atoms. The summed E-state index contributed by atoms with van der Waals surface area (Å²) in [5.74, 6) is 0.676. The predicted molar refractivity (Wildman–Crippen MR) is 59.1 cm³/mol. The average molecular weight is 218 g/mol. The lowest BCUT2D eigenvalue weighted by Gasteiger charge is -1.98. The molecule has 2 heterocycles. The Kier molecular flexibility index (Phi) is 2.87. The molecule has 0 aliphatic carbocycles. The van der Waals surface area contributed by atoms with Crippen molar-refractivity contribution in [3.05, 3.63) is 46.2 Å². The number of hydrogen-bond acceptors (Lipinski definition) is 4. The smallest absolute Gasteiger partial charge is 0.186 e. The second kappa shape index (κ2) is 4.31. The lowest BCUT2D eigenvalue weighted by Crippen LogP contribution is -2.06. The molecule has 3 nitrogen and oxygen atoms in total. The van der Waals surface area contributed by atoms with E-state index in [1.807, 2.05) is 17.5 Å². The van der Waals surface area contributed by atoms with Crippen molar-refractivity contribution in [3.63, 3.8) is 0 Å². The zero-order valence-corrected chi connectivity index (χ0v) is 9.12. The van der Waals surface area contributed by atoms with Crippen molar-refractivity contribution in [2.75, 3.05) is 0 Å². The molecule has 0 bridgehead atoms. The zero-order chi connectivity index (χ0) is 10.7. The quantitative estimate of drug-likeness (QED) is 0.742. The molecule has 15 heavy (non-hydrogen) atoms. The molecular weight excluding hydrogens is 208 g/mol. The Morgan fingerprint density at radius 2 is 2.33 bits per heavy atom. The van der Waals surface area contributed by atoms with Crippen molar-refractivity contribution < 1.29 is 4.79 Å². The van der Waals surface area contributed by atoms with Gasteiger partial charge in [0.05, 0.1) is 0 Å². The summed E-state index contributed by atoms with van der Waals surface area (Å²) in [5.41, 5.74) is 0.496. The third kappa shape index (κ3) is 2.47. The van der Waals surface area contributed by atoms with Crippen molar-refractivity contribution >= 4 is 17.1 Å². The van der Waals surface area contributed by atoms with Crippen molar-refractivity contribution in [1.82, 2.24) is 9.97 Å². The first-order chi connectivity index (χ1) is 7.25. The number of Topliss-reactive ketones (excluding diaryl/α,β-unsaturated/α-hetero) is 1.